The highest BCUT2D eigenvalue weighted by Crippen LogP contribution is 2.30. The van der Waals surface area contributed by atoms with Crippen molar-refractivity contribution in [1.29, 1.82) is 0 Å². The van der Waals surface area contributed by atoms with Crippen molar-refractivity contribution in [2.45, 2.75) is 0 Å². The molecule has 4 rings (SSSR count). The normalized spacial score (nSPS) is 11.4. The van der Waals surface area contributed by atoms with Crippen molar-refractivity contribution in [3.63, 3.8) is 0 Å². The molecule has 19 heavy (non-hydrogen) atoms. The maximum absolute atomic E-state index is 3.63. The summed E-state index contributed by atoms with van der Waals surface area (Å²) in [5.74, 6) is 0. The third-order valence-electron chi connectivity index (χ3n) is 3.65. The Hall–Kier alpha value is -1.86. The summed E-state index contributed by atoms with van der Waals surface area (Å²) in [5, 5.41) is 7.72. The lowest BCUT2D eigenvalue weighted by atomic mass is 10.00. The zero-order valence-electron chi connectivity index (χ0n) is 10.2. The van der Waals surface area contributed by atoms with Crippen molar-refractivity contribution < 1.29 is 0 Å². The molecular formula is C18H11Br. The van der Waals surface area contributed by atoms with Crippen LogP contribution in [0.1, 0.15) is 0 Å². The molecule has 0 radical (unpaired) electrons. The van der Waals surface area contributed by atoms with Crippen molar-refractivity contribution in [2.24, 2.45) is 0 Å². The molecule has 1 heteroatoms. The molecule has 0 unspecified atom stereocenters. The Bertz CT molecular complexity index is 922. The van der Waals surface area contributed by atoms with E-state index in [0.717, 1.165) is 4.47 Å². The molecule has 0 N–H and O–H groups in total. The fraction of sp³-hybridized carbons (Fsp3) is 0. The summed E-state index contributed by atoms with van der Waals surface area (Å²) in [7, 11) is 0. The average molecular weight is 307 g/mol. The maximum atomic E-state index is 3.63. The van der Waals surface area contributed by atoms with Gasteiger partial charge in [0.2, 0.25) is 0 Å². The molecule has 0 aromatic heterocycles. The van der Waals surface area contributed by atoms with Gasteiger partial charge in [-0.1, -0.05) is 52.3 Å². The second-order valence-corrected chi connectivity index (χ2v) is 5.71. The van der Waals surface area contributed by atoms with Gasteiger partial charge in [-0.25, -0.2) is 0 Å². The van der Waals surface area contributed by atoms with Crippen LogP contribution in [0.25, 0.3) is 32.3 Å². The standard InChI is InChI=1S/C18H11Br/c19-18-7-3-6-14-10-15-8-12-4-1-2-5-13(12)9-16(15)11-17(14)18/h1-11H. The molecule has 0 atom stereocenters. The average Bonchev–Trinajstić information content (AvgIpc) is 2.44. The highest BCUT2D eigenvalue weighted by Gasteiger charge is 2.02. The second-order valence-electron chi connectivity index (χ2n) is 4.86. The minimum absolute atomic E-state index is 1.15. The molecule has 0 spiro atoms. The van der Waals surface area contributed by atoms with E-state index >= 15 is 0 Å². The van der Waals surface area contributed by atoms with Crippen LogP contribution in [0.3, 0.4) is 0 Å². The van der Waals surface area contributed by atoms with E-state index in [1.165, 1.54) is 32.3 Å². The van der Waals surface area contributed by atoms with E-state index in [2.05, 4.69) is 82.7 Å². The van der Waals surface area contributed by atoms with Crippen molar-refractivity contribution >= 4 is 48.2 Å². The van der Waals surface area contributed by atoms with Crippen molar-refractivity contribution in [1.82, 2.24) is 0 Å². The van der Waals surface area contributed by atoms with E-state index < -0.39 is 0 Å². The predicted octanol–water partition coefficient (Wildman–Crippen LogP) is 5.91. The first-order valence-electron chi connectivity index (χ1n) is 6.32. The number of halogens is 1. The minimum atomic E-state index is 1.15. The van der Waals surface area contributed by atoms with Gasteiger partial charge in [-0.15, -0.1) is 0 Å². The van der Waals surface area contributed by atoms with Gasteiger partial charge in [0.1, 0.15) is 0 Å². The van der Waals surface area contributed by atoms with Crippen molar-refractivity contribution in [3.8, 4) is 0 Å². The molecule has 0 amide bonds. The van der Waals surface area contributed by atoms with E-state index in [1.807, 2.05) is 0 Å². The van der Waals surface area contributed by atoms with Gasteiger partial charge < -0.3 is 0 Å². The lowest BCUT2D eigenvalue weighted by molar-refractivity contribution is 1.74. The zero-order chi connectivity index (χ0) is 12.8. The summed E-state index contributed by atoms with van der Waals surface area (Å²) >= 11 is 3.63. The Morgan fingerprint density at radius 1 is 0.526 bits per heavy atom. The summed E-state index contributed by atoms with van der Waals surface area (Å²) < 4.78 is 1.15. The molecule has 0 aliphatic heterocycles. The molecule has 0 aliphatic rings. The highest BCUT2D eigenvalue weighted by molar-refractivity contribution is 9.10. The van der Waals surface area contributed by atoms with E-state index in [1.54, 1.807) is 0 Å². The summed E-state index contributed by atoms with van der Waals surface area (Å²) in [5.41, 5.74) is 0. The predicted molar refractivity (Wildman–Crippen MR) is 86.7 cm³/mol. The Labute approximate surface area is 119 Å². The lowest BCUT2D eigenvalue weighted by Gasteiger charge is -2.06. The first-order chi connectivity index (χ1) is 9.31. The molecule has 0 saturated carbocycles. The van der Waals surface area contributed by atoms with Gasteiger partial charge in [-0.05, 0) is 62.6 Å². The van der Waals surface area contributed by atoms with E-state index in [-0.39, 0.29) is 0 Å². The van der Waals surface area contributed by atoms with Gasteiger partial charge in [0.05, 0.1) is 0 Å². The van der Waals surface area contributed by atoms with Gasteiger partial charge in [0, 0.05) is 4.47 Å². The molecule has 90 valence electrons. The van der Waals surface area contributed by atoms with Crippen LogP contribution >= 0.6 is 15.9 Å². The van der Waals surface area contributed by atoms with Gasteiger partial charge in [-0.3, -0.25) is 0 Å². The van der Waals surface area contributed by atoms with E-state index in [0.29, 0.717) is 0 Å². The SMILES string of the molecule is Brc1cccc2cc3cc4ccccc4cc3cc12. The fourth-order valence-corrected chi connectivity index (χ4v) is 3.18. The monoisotopic (exact) mass is 306 g/mol. The van der Waals surface area contributed by atoms with Crippen LogP contribution in [0.4, 0.5) is 0 Å². The third-order valence-corrected chi connectivity index (χ3v) is 4.34. The smallest absolute Gasteiger partial charge is 0.0253 e. The lowest BCUT2D eigenvalue weighted by Crippen LogP contribution is -1.79. The molecule has 0 bridgehead atoms. The quantitative estimate of drug-likeness (QED) is 0.354. The van der Waals surface area contributed by atoms with Crippen LogP contribution in [-0.2, 0) is 0 Å². The topological polar surface area (TPSA) is 0 Å². The van der Waals surface area contributed by atoms with Gasteiger partial charge >= 0.3 is 0 Å². The zero-order valence-corrected chi connectivity index (χ0v) is 11.8. The first-order valence-corrected chi connectivity index (χ1v) is 7.11. The number of hydrogen-bond acceptors (Lipinski definition) is 0. The summed E-state index contributed by atoms with van der Waals surface area (Å²) in [4.78, 5) is 0. The van der Waals surface area contributed by atoms with Gasteiger partial charge in [0.15, 0.2) is 0 Å². The summed E-state index contributed by atoms with van der Waals surface area (Å²) in [6.07, 6.45) is 0. The van der Waals surface area contributed by atoms with Gasteiger partial charge in [0.25, 0.3) is 0 Å². The highest BCUT2D eigenvalue weighted by atomic mass is 79.9. The third kappa shape index (κ3) is 1.73. The molecule has 0 heterocycles. The van der Waals surface area contributed by atoms with Crippen LogP contribution in [0, 0.1) is 0 Å². The summed E-state index contributed by atoms with van der Waals surface area (Å²) in [6.45, 7) is 0. The Balaban J connectivity index is 2.20. The van der Waals surface area contributed by atoms with E-state index in [4.69, 9.17) is 0 Å². The largest absolute Gasteiger partial charge is 0.0616 e. The molecule has 0 nitrogen and oxygen atoms in total. The fourth-order valence-electron chi connectivity index (χ4n) is 2.68. The first kappa shape index (κ1) is 11.0. The van der Waals surface area contributed by atoms with Gasteiger partial charge in [-0.2, -0.15) is 0 Å². The molecule has 4 aromatic rings. The molecule has 0 aliphatic carbocycles. The maximum Gasteiger partial charge on any atom is 0.0253 e. The van der Waals surface area contributed by atoms with Crippen molar-refractivity contribution in [2.75, 3.05) is 0 Å². The number of hydrogen-bond donors (Lipinski definition) is 0. The molecule has 4 aromatic carbocycles. The number of rotatable bonds is 0. The Morgan fingerprint density at radius 2 is 1.11 bits per heavy atom. The van der Waals surface area contributed by atoms with E-state index in [9.17, 15) is 0 Å². The summed E-state index contributed by atoms with van der Waals surface area (Å²) in [6, 6.07) is 23.9. The van der Waals surface area contributed by atoms with Crippen molar-refractivity contribution in [3.05, 3.63) is 71.2 Å². The van der Waals surface area contributed by atoms with Crippen LogP contribution in [0.5, 0.6) is 0 Å². The number of fused-ring (bicyclic) bond motifs is 3. The molecule has 0 saturated heterocycles. The number of benzene rings is 4. The van der Waals surface area contributed by atoms with Crippen LogP contribution < -0.4 is 0 Å². The minimum Gasteiger partial charge on any atom is -0.0616 e. The molecular weight excluding hydrogens is 296 g/mol. The van der Waals surface area contributed by atoms with Crippen LogP contribution in [-0.4, -0.2) is 0 Å². The second kappa shape index (κ2) is 4.07. The Kier molecular flexibility index (Phi) is 2.36. The Morgan fingerprint density at radius 3 is 1.84 bits per heavy atom. The van der Waals surface area contributed by atoms with Crippen LogP contribution in [0.2, 0.25) is 0 Å². The molecule has 0 fully saturated rings. The van der Waals surface area contributed by atoms with Crippen LogP contribution in [0.15, 0.2) is 71.2 Å².